The number of rotatable bonds is 2. The highest BCUT2D eigenvalue weighted by atomic mass is 35.5. The third kappa shape index (κ3) is 1.90. The first-order valence-electron chi connectivity index (χ1n) is 3.44. The van der Waals surface area contributed by atoms with Crippen LogP contribution in [0.25, 0.3) is 0 Å². The van der Waals surface area contributed by atoms with Gasteiger partial charge in [0, 0.05) is 0 Å². The number of carbonyl (C=O) groups excluding carboxylic acids is 1. The minimum Gasteiger partial charge on any atom is -0.385 e. The van der Waals surface area contributed by atoms with Gasteiger partial charge in [-0.1, -0.05) is 0 Å². The van der Waals surface area contributed by atoms with Crippen molar-refractivity contribution in [3.8, 4) is 0 Å². The Morgan fingerprint density at radius 3 is 2.57 bits per heavy atom. The van der Waals surface area contributed by atoms with E-state index in [4.69, 9.17) is 17.3 Å². The van der Waals surface area contributed by atoms with Crippen molar-refractivity contribution in [1.82, 2.24) is 4.98 Å². The minimum absolute atomic E-state index is 0.320. The molecule has 0 aliphatic rings. The number of nitrogens with one attached hydrogen (secondary N) is 1. The molecule has 1 aromatic rings. The number of anilines is 1. The second-order valence-electron chi connectivity index (χ2n) is 2.46. The van der Waals surface area contributed by atoms with Gasteiger partial charge in [-0.2, -0.15) is 0 Å². The summed E-state index contributed by atoms with van der Waals surface area (Å²) in [5, 5.41) is -0.999. The molecule has 7 heteroatoms. The fourth-order valence-corrected chi connectivity index (χ4v) is 1.04. The van der Waals surface area contributed by atoms with E-state index in [1.807, 2.05) is 4.98 Å². The van der Waals surface area contributed by atoms with Gasteiger partial charge in [0.1, 0.15) is 5.82 Å². The van der Waals surface area contributed by atoms with Crippen molar-refractivity contribution in [3.63, 3.8) is 0 Å². The van der Waals surface area contributed by atoms with E-state index in [9.17, 15) is 18.4 Å². The molecule has 0 saturated carbocycles. The molecule has 0 saturated heterocycles. The molecular formula is C7H5ClF2N2O2. The molecule has 0 radical (unpaired) electrons. The van der Waals surface area contributed by atoms with E-state index in [2.05, 4.69) is 0 Å². The SMILES string of the molecule is Nc1[nH]c(=O)c(C(F)F)cc1C(=O)Cl. The lowest BCUT2D eigenvalue weighted by atomic mass is 10.2. The topological polar surface area (TPSA) is 76.0 Å². The summed E-state index contributed by atoms with van der Waals surface area (Å²) in [6, 6.07) is 0.689. The molecule has 3 N–H and O–H groups in total. The third-order valence-corrected chi connectivity index (χ3v) is 1.75. The Labute approximate surface area is 81.7 Å². The lowest BCUT2D eigenvalue weighted by Gasteiger charge is -2.03. The summed E-state index contributed by atoms with van der Waals surface area (Å²) in [5.74, 6) is -0.320. The van der Waals surface area contributed by atoms with Gasteiger partial charge in [-0.25, -0.2) is 8.78 Å². The molecule has 0 amide bonds. The van der Waals surface area contributed by atoms with Crippen LogP contribution in [-0.4, -0.2) is 10.2 Å². The van der Waals surface area contributed by atoms with Crippen LogP contribution in [0.1, 0.15) is 22.3 Å². The monoisotopic (exact) mass is 222 g/mol. The quantitative estimate of drug-likeness (QED) is 0.740. The number of hydrogen-bond acceptors (Lipinski definition) is 3. The summed E-state index contributed by atoms with van der Waals surface area (Å²) in [5.41, 5.74) is 2.99. The molecule has 0 atom stereocenters. The molecule has 0 unspecified atom stereocenters. The van der Waals surface area contributed by atoms with E-state index >= 15 is 0 Å². The Bertz CT molecular complexity index is 430. The lowest BCUT2D eigenvalue weighted by molar-refractivity contribution is 0.108. The summed E-state index contributed by atoms with van der Waals surface area (Å²) in [6.45, 7) is 0. The van der Waals surface area contributed by atoms with Crippen LogP contribution in [-0.2, 0) is 0 Å². The number of hydrogen-bond donors (Lipinski definition) is 2. The number of halogens is 3. The van der Waals surface area contributed by atoms with Crippen LogP contribution < -0.4 is 11.3 Å². The van der Waals surface area contributed by atoms with E-state index in [0.29, 0.717) is 6.07 Å². The molecule has 0 aromatic carbocycles. The van der Waals surface area contributed by atoms with Crippen molar-refractivity contribution in [3.05, 3.63) is 27.5 Å². The highest BCUT2D eigenvalue weighted by molar-refractivity contribution is 6.68. The highest BCUT2D eigenvalue weighted by Gasteiger charge is 2.17. The first-order chi connectivity index (χ1) is 6.43. The van der Waals surface area contributed by atoms with Crippen molar-refractivity contribution in [2.24, 2.45) is 0 Å². The molecule has 1 heterocycles. The number of aromatic nitrogens is 1. The molecule has 14 heavy (non-hydrogen) atoms. The van der Waals surface area contributed by atoms with Gasteiger partial charge in [-0.3, -0.25) is 9.59 Å². The summed E-state index contributed by atoms with van der Waals surface area (Å²) in [7, 11) is 0. The Hall–Kier alpha value is -1.43. The average molecular weight is 223 g/mol. The van der Waals surface area contributed by atoms with Crippen LogP contribution in [0.2, 0.25) is 0 Å². The van der Waals surface area contributed by atoms with Crippen molar-refractivity contribution < 1.29 is 13.6 Å². The maximum absolute atomic E-state index is 12.2. The zero-order valence-corrected chi connectivity index (χ0v) is 7.44. The van der Waals surface area contributed by atoms with E-state index < -0.39 is 22.8 Å². The number of alkyl halides is 2. The number of aromatic amines is 1. The van der Waals surface area contributed by atoms with Gasteiger partial charge in [-0.15, -0.1) is 0 Å². The van der Waals surface area contributed by atoms with Crippen LogP contribution in [0.4, 0.5) is 14.6 Å². The van der Waals surface area contributed by atoms with Crippen molar-refractivity contribution in [1.29, 1.82) is 0 Å². The van der Waals surface area contributed by atoms with Crippen molar-refractivity contribution in [2.45, 2.75) is 6.43 Å². The minimum atomic E-state index is -2.98. The molecule has 1 aromatic heterocycles. The van der Waals surface area contributed by atoms with Crippen LogP contribution in [0.5, 0.6) is 0 Å². The number of carbonyl (C=O) groups is 1. The van der Waals surface area contributed by atoms with Crippen LogP contribution in [0.15, 0.2) is 10.9 Å². The molecule has 0 bridgehead atoms. The molecular weight excluding hydrogens is 218 g/mol. The molecule has 0 aliphatic carbocycles. The average Bonchev–Trinajstić information content (AvgIpc) is 2.02. The van der Waals surface area contributed by atoms with Gasteiger partial charge < -0.3 is 10.7 Å². The maximum atomic E-state index is 12.2. The maximum Gasteiger partial charge on any atom is 0.269 e. The largest absolute Gasteiger partial charge is 0.385 e. The fraction of sp³-hybridized carbons (Fsp3) is 0.143. The Balaban J connectivity index is 3.42. The molecule has 4 nitrogen and oxygen atoms in total. The Kier molecular flexibility index (Phi) is 2.85. The zero-order chi connectivity index (χ0) is 10.9. The zero-order valence-electron chi connectivity index (χ0n) is 6.68. The van der Waals surface area contributed by atoms with Gasteiger partial charge in [0.05, 0.1) is 11.1 Å². The fourth-order valence-electron chi connectivity index (χ4n) is 0.885. The number of H-pyrrole nitrogens is 1. The van der Waals surface area contributed by atoms with E-state index in [1.54, 1.807) is 0 Å². The lowest BCUT2D eigenvalue weighted by Crippen LogP contribution is -2.17. The number of nitrogen functional groups attached to an aromatic ring is 1. The summed E-state index contributed by atoms with van der Waals surface area (Å²) >= 11 is 5.05. The summed E-state index contributed by atoms with van der Waals surface area (Å²) in [6.07, 6.45) is -2.98. The van der Waals surface area contributed by atoms with Gasteiger partial charge in [0.25, 0.3) is 17.2 Å². The van der Waals surface area contributed by atoms with Gasteiger partial charge >= 0.3 is 0 Å². The number of nitrogens with two attached hydrogens (primary N) is 1. The van der Waals surface area contributed by atoms with E-state index in [0.717, 1.165) is 0 Å². The highest BCUT2D eigenvalue weighted by Crippen LogP contribution is 2.18. The smallest absolute Gasteiger partial charge is 0.269 e. The van der Waals surface area contributed by atoms with Gasteiger partial charge in [-0.05, 0) is 17.7 Å². The molecule has 76 valence electrons. The first kappa shape index (κ1) is 10.6. The van der Waals surface area contributed by atoms with Gasteiger partial charge in [0.2, 0.25) is 0 Å². The summed E-state index contributed by atoms with van der Waals surface area (Å²) in [4.78, 5) is 23.5. The van der Waals surface area contributed by atoms with Crippen LogP contribution >= 0.6 is 11.6 Å². The normalized spacial score (nSPS) is 10.6. The molecule has 1 rings (SSSR count). The molecule has 0 aliphatic heterocycles. The van der Waals surface area contributed by atoms with Crippen LogP contribution in [0, 0.1) is 0 Å². The van der Waals surface area contributed by atoms with Crippen LogP contribution in [0.3, 0.4) is 0 Å². The second kappa shape index (κ2) is 3.75. The van der Waals surface area contributed by atoms with Crippen molar-refractivity contribution in [2.75, 3.05) is 5.73 Å². The Morgan fingerprint density at radius 1 is 1.57 bits per heavy atom. The second-order valence-corrected chi connectivity index (χ2v) is 2.80. The first-order valence-corrected chi connectivity index (χ1v) is 3.82. The van der Waals surface area contributed by atoms with E-state index in [-0.39, 0.29) is 11.4 Å². The van der Waals surface area contributed by atoms with Crippen molar-refractivity contribution >= 4 is 22.7 Å². The van der Waals surface area contributed by atoms with E-state index in [1.165, 1.54) is 0 Å². The summed E-state index contributed by atoms with van der Waals surface area (Å²) < 4.78 is 24.4. The predicted molar refractivity (Wildman–Crippen MR) is 46.6 cm³/mol. The molecule has 0 spiro atoms. The molecule has 0 fully saturated rings. The van der Waals surface area contributed by atoms with Gasteiger partial charge in [0.15, 0.2) is 0 Å². The standard InChI is InChI=1S/C7H5ClF2N2O2/c8-4(13)2-1-3(5(9)10)7(14)12-6(2)11/h1,5H,(H3,11,12,14). The predicted octanol–water partition coefficient (Wildman–Crippen LogP) is 1.27. The third-order valence-electron chi connectivity index (χ3n) is 1.55. The Morgan fingerprint density at radius 2 is 2.14 bits per heavy atom. The number of pyridine rings is 1.